The van der Waals surface area contributed by atoms with Gasteiger partial charge >= 0.3 is 0 Å². The van der Waals surface area contributed by atoms with Gasteiger partial charge in [-0.15, -0.1) is 0 Å². The molecular weight excluding hydrogens is 332 g/mol. The van der Waals surface area contributed by atoms with Crippen molar-refractivity contribution in [3.63, 3.8) is 0 Å². The highest BCUT2D eigenvalue weighted by molar-refractivity contribution is 5.58. The molecule has 26 heavy (non-hydrogen) atoms. The van der Waals surface area contributed by atoms with Gasteiger partial charge in [0.15, 0.2) is 12.4 Å². The Hall–Kier alpha value is -2.63. The molecule has 0 aliphatic carbocycles. The standard InChI is InChI=1S/C21H22O5/c1-23-18-9-7-17(8-10-18)15-26-21-19(11-12-24-20(21)13-22)25-14-16-5-3-2-4-6-16/h2-13,19-21H,14-15H2,1H3. The van der Waals surface area contributed by atoms with Gasteiger partial charge in [0.25, 0.3) is 0 Å². The van der Waals surface area contributed by atoms with Gasteiger partial charge in [0.1, 0.15) is 18.0 Å². The van der Waals surface area contributed by atoms with Crippen LogP contribution in [0.15, 0.2) is 66.9 Å². The molecule has 0 radical (unpaired) electrons. The normalized spacial score (nSPS) is 21.8. The van der Waals surface area contributed by atoms with Gasteiger partial charge < -0.3 is 18.9 Å². The lowest BCUT2D eigenvalue weighted by atomic mass is 10.1. The third kappa shape index (κ3) is 4.71. The van der Waals surface area contributed by atoms with Gasteiger partial charge in [0.2, 0.25) is 0 Å². The maximum Gasteiger partial charge on any atom is 0.181 e. The molecule has 136 valence electrons. The van der Waals surface area contributed by atoms with Crippen LogP contribution in [0.2, 0.25) is 0 Å². The van der Waals surface area contributed by atoms with Crippen LogP contribution in [0, 0.1) is 0 Å². The quantitative estimate of drug-likeness (QED) is 0.681. The molecule has 0 N–H and O–H groups in total. The number of aldehydes is 1. The average molecular weight is 354 g/mol. The lowest BCUT2D eigenvalue weighted by Crippen LogP contribution is -2.44. The van der Waals surface area contributed by atoms with Gasteiger partial charge in [0, 0.05) is 0 Å². The van der Waals surface area contributed by atoms with Crippen LogP contribution in [-0.4, -0.2) is 31.7 Å². The van der Waals surface area contributed by atoms with E-state index >= 15 is 0 Å². The number of hydrogen-bond acceptors (Lipinski definition) is 5. The van der Waals surface area contributed by atoms with Crippen molar-refractivity contribution < 1.29 is 23.7 Å². The van der Waals surface area contributed by atoms with Crippen molar-refractivity contribution in [2.45, 2.75) is 31.5 Å². The van der Waals surface area contributed by atoms with Crippen LogP contribution in [0.4, 0.5) is 0 Å². The van der Waals surface area contributed by atoms with E-state index in [9.17, 15) is 4.79 Å². The molecule has 0 aromatic heterocycles. The molecule has 0 amide bonds. The van der Waals surface area contributed by atoms with Gasteiger partial charge in [-0.3, -0.25) is 4.79 Å². The van der Waals surface area contributed by atoms with Crippen molar-refractivity contribution in [1.29, 1.82) is 0 Å². The summed E-state index contributed by atoms with van der Waals surface area (Å²) in [7, 11) is 1.63. The highest BCUT2D eigenvalue weighted by Crippen LogP contribution is 2.21. The average Bonchev–Trinajstić information content (AvgIpc) is 2.72. The molecule has 2 aromatic carbocycles. The lowest BCUT2D eigenvalue weighted by Gasteiger charge is -2.32. The zero-order valence-electron chi connectivity index (χ0n) is 14.6. The molecule has 1 aliphatic rings. The molecule has 0 spiro atoms. The van der Waals surface area contributed by atoms with Crippen molar-refractivity contribution in [3.05, 3.63) is 78.1 Å². The van der Waals surface area contributed by atoms with Crippen LogP contribution in [0.3, 0.4) is 0 Å². The summed E-state index contributed by atoms with van der Waals surface area (Å²) in [6.45, 7) is 0.783. The van der Waals surface area contributed by atoms with Crippen molar-refractivity contribution in [1.82, 2.24) is 0 Å². The van der Waals surface area contributed by atoms with Crippen LogP contribution in [-0.2, 0) is 32.2 Å². The van der Waals surface area contributed by atoms with Crippen molar-refractivity contribution >= 4 is 6.29 Å². The topological polar surface area (TPSA) is 54.0 Å². The second-order valence-corrected chi connectivity index (χ2v) is 5.95. The third-order valence-electron chi connectivity index (χ3n) is 4.17. The number of carbonyl (C=O) groups excluding carboxylic acids is 1. The first-order chi connectivity index (χ1) is 12.8. The van der Waals surface area contributed by atoms with E-state index in [2.05, 4.69) is 0 Å². The van der Waals surface area contributed by atoms with E-state index in [0.29, 0.717) is 13.2 Å². The zero-order chi connectivity index (χ0) is 18.2. The van der Waals surface area contributed by atoms with E-state index in [1.807, 2.05) is 54.6 Å². The SMILES string of the molecule is COc1ccc(COC2C(C=O)OC=CC2OCc2ccccc2)cc1. The smallest absolute Gasteiger partial charge is 0.181 e. The van der Waals surface area contributed by atoms with E-state index < -0.39 is 12.2 Å². The largest absolute Gasteiger partial charge is 0.497 e. The Morgan fingerprint density at radius 1 is 0.962 bits per heavy atom. The second kappa shape index (κ2) is 9.17. The number of hydrogen-bond donors (Lipinski definition) is 0. The predicted molar refractivity (Wildman–Crippen MR) is 96.7 cm³/mol. The minimum absolute atomic E-state index is 0.349. The minimum Gasteiger partial charge on any atom is -0.497 e. The first-order valence-corrected chi connectivity index (χ1v) is 8.47. The fourth-order valence-electron chi connectivity index (χ4n) is 2.72. The maximum absolute atomic E-state index is 11.4. The number of carbonyl (C=O) groups is 1. The van der Waals surface area contributed by atoms with Gasteiger partial charge in [-0.25, -0.2) is 0 Å². The summed E-state index contributed by atoms with van der Waals surface area (Å²) in [6.07, 6.45) is 2.46. The molecule has 1 aliphatic heterocycles. The Morgan fingerprint density at radius 3 is 2.35 bits per heavy atom. The fraction of sp³-hybridized carbons (Fsp3) is 0.286. The second-order valence-electron chi connectivity index (χ2n) is 5.95. The van der Waals surface area contributed by atoms with E-state index in [-0.39, 0.29) is 6.10 Å². The number of methoxy groups -OCH3 is 1. The lowest BCUT2D eigenvalue weighted by molar-refractivity contribution is -0.145. The van der Waals surface area contributed by atoms with E-state index in [0.717, 1.165) is 23.2 Å². The Bertz CT molecular complexity index is 711. The van der Waals surface area contributed by atoms with Crippen LogP contribution in [0.25, 0.3) is 0 Å². The Balaban J connectivity index is 1.63. The van der Waals surface area contributed by atoms with Crippen molar-refractivity contribution in [2.75, 3.05) is 7.11 Å². The Labute approximate surface area is 153 Å². The number of rotatable bonds is 8. The van der Waals surface area contributed by atoms with Gasteiger partial charge in [0.05, 0.1) is 26.6 Å². The van der Waals surface area contributed by atoms with Crippen LogP contribution in [0.1, 0.15) is 11.1 Å². The molecule has 3 rings (SSSR count). The predicted octanol–water partition coefficient (Wildman–Crippen LogP) is 3.28. The molecule has 3 atom stereocenters. The summed E-state index contributed by atoms with van der Waals surface area (Å²) in [5, 5.41) is 0. The molecule has 1 heterocycles. The highest BCUT2D eigenvalue weighted by Gasteiger charge is 2.33. The third-order valence-corrected chi connectivity index (χ3v) is 4.17. The first-order valence-electron chi connectivity index (χ1n) is 8.47. The number of ether oxygens (including phenoxy) is 4. The zero-order valence-corrected chi connectivity index (χ0v) is 14.6. The minimum atomic E-state index is -0.695. The highest BCUT2D eigenvalue weighted by atomic mass is 16.6. The van der Waals surface area contributed by atoms with Gasteiger partial charge in [-0.2, -0.15) is 0 Å². The summed E-state index contributed by atoms with van der Waals surface area (Å²) in [6, 6.07) is 17.5. The molecule has 5 heteroatoms. The fourth-order valence-corrected chi connectivity index (χ4v) is 2.72. The maximum atomic E-state index is 11.4. The molecule has 5 nitrogen and oxygen atoms in total. The van der Waals surface area contributed by atoms with Crippen LogP contribution in [0.5, 0.6) is 5.75 Å². The summed E-state index contributed by atoms with van der Waals surface area (Å²) < 4.78 is 22.5. The van der Waals surface area contributed by atoms with E-state index in [1.54, 1.807) is 13.2 Å². The molecular formula is C21H22O5. The van der Waals surface area contributed by atoms with Crippen molar-refractivity contribution in [3.8, 4) is 5.75 Å². The molecule has 0 bridgehead atoms. The summed E-state index contributed by atoms with van der Waals surface area (Å²) in [4.78, 5) is 11.4. The Morgan fingerprint density at radius 2 is 1.65 bits per heavy atom. The summed E-state index contributed by atoms with van der Waals surface area (Å²) in [5.41, 5.74) is 2.04. The van der Waals surface area contributed by atoms with Crippen LogP contribution < -0.4 is 4.74 Å². The van der Waals surface area contributed by atoms with Gasteiger partial charge in [-0.05, 0) is 29.3 Å². The first kappa shape index (κ1) is 18.2. The molecule has 0 saturated heterocycles. The summed E-state index contributed by atoms with van der Waals surface area (Å²) >= 11 is 0. The summed E-state index contributed by atoms with van der Waals surface area (Å²) in [5.74, 6) is 0.785. The van der Waals surface area contributed by atoms with Crippen molar-refractivity contribution in [2.24, 2.45) is 0 Å². The van der Waals surface area contributed by atoms with Gasteiger partial charge in [-0.1, -0.05) is 42.5 Å². The van der Waals surface area contributed by atoms with Crippen LogP contribution >= 0.6 is 0 Å². The monoisotopic (exact) mass is 354 g/mol. The molecule has 0 fully saturated rings. The Kier molecular flexibility index (Phi) is 6.41. The van der Waals surface area contributed by atoms with E-state index in [4.69, 9.17) is 18.9 Å². The molecule has 2 aromatic rings. The molecule has 3 unspecified atom stereocenters. The molecule has 0 saturated carbocycles. The number of benzene rings is 2. The van der Waals surface area contributed by atoms with E-state index in [1.165, 1.54) is 6.26 Å².